The van der Waals surface area contributed by atoms with Crippen molar-refractivity contribution < 1.29 is 17.9 Å². The summed E-state index contributed by atoms with van der Waals surface area (Å²) in [6.07, 6.45) is 1.04. The number of carbonyl (C=O) groups is 1. The average Bonchev–Trinajstić information content (AvgIpc) is 2.23. The fourth-order valence-corrected chi connectivity index (χ4v) is 3.26. The summed E-state index contributed by atoms with van der Waals surface area (Å²) in [5, 5.41) is 0. The third-order valence-electron chi connectivity index (χ3n) is 3.47. The van der Waals surface area contributed by atoms with Gasteiger partial charge in [0.2, 0.25) is 9.05 Å². The maximum absolute atomic E-state index is 12.0. The molecule has 1 fully saturated rings. The largest absolute Gasteiger partial charge is 0.444 e. The van der Waals surface area contributed by atoms with Gasteiger partial charge >= 0.3 is 6.09 Å². The molecule has 118 valence electrons. The molecule has 0 saturated carbocycles. The van der Waals surface area contributed by atoms with Crippen molar-refractivity contribution in [3.8, 4) is 0 Å². The molecule has 2 atom stereocenters. The van der Waals surface area contributed by atoms with Crippen LogP contribution in [0.4, 0.5) is 4.79 Å². The van der Waals surface area contributed by atoms with Crippen molar-refractivity contribution in [2.75, 3.05) is 18.8 Å². The van der Waals surface area contributed by atoms with E-state index in [4.69, 9.17) is 15.4 Å². The van der Waals surface area contributed by atoms with Gasteiger partial charge in [-0.05, 0) is 45.4 Å². The Balaban J connectivity index is 2.49. The molecule has 1 heterocycles. The molecular formula is C13H24ClNO4S. The minimum Gasteiger partial charge on any atom is -0.444 e. The first kappa shape index (κ1) is 17.6. The lowest BCUT2D eigenvalue weighted by Gasteiger charge is -2.37. The third kappa shape index (κ3) is 6.31. The van der Waals surface area contributed by atoms with Gasteiger partial charge in [0.25, 0.3) is 0 Å². The molecule has 0 spiro atoms. The zero-order valence-electron chi connectivity index (χ0n) is 12.6. The van der Waals surface area contributed by atoms with Crippen LogP contribution in [0.15, 0.2) is 0 Å². The van der Waals surface area contributed by atoms with Crippen LogP contribution in [0.5, 0.6) is 0 Å². The first-order valence-corrected chi connectivity index (χ1v) is 9.36. The van der Waals surface area contributed by atoms with E-state index in [1.54, 1.807) is 4.90 Å². The number of nitrogens with zero attached hydrogens (tertiary/aromatic N) is 1. The van der Waals surface area contributed by atoms with Gasteiger partial charge in [-0.25, -0.2) is 13.2 Å². The van der Waals surface area contributed by atoms with Crippen LogP contribution >= 0.6 is 10.7 Å². The fourth-order valence-electron chi connectivity index (χ4n) is 2.41. The van der Waals surface area contributed by atoms with E-state index < -0.39 is 14.7 Å². The number of hydrogen-bond donors (Lipinski definition) is 0. The first-order valence-electron chi connectivity index (χ1n) is 6.88. The summed E-state index contributed by atoms with van der Waals surface area (Å²) in [5.74, 6) is 0.521. The van der Waals surface area contributed by atoms with Crippen molar-refractivity contribution in [3.05, 3.63) is 0 Å². The van der Waals surface area contributed by atoms with Crippen LogP contribution in [0.3, 0.4) is 0 Å². The van der Waals surface area contributed by atoms with Crippen LogP contribution in [-0.4, -0.2) is 43.9 Å². The highest BCUT2D eigenvalue weighted by atomic mass is 35.7. The van der Waals surface area contributed by atoms with Crippen molar-refractivity contribution in [2.45, 2.75) is 46.1 Å². The predicted octanol–water partition coefficient (Wildman–Crippen LogP) is 2.84. The Morgan fingerprint density at radius 2 is 2.00 bits per heavy atom. The molecule has 0 aromatic rings. The highest BCUT2D eigenvalue weighted by molar-refractivity contribution is 8.13. The van der Waals surface area contributed by atoms with E-state index in [0.717, 1.165) is 6.42 Å². The molecule has 7 heteroatoms. The molecule has 1 aliphatic heterocycles. The number of likely N-dealkylation sites (tertiary alicyclic amines) is 1. The van der Waals surface area contributed by atoms with Gasteiger partial charge < -0.3 is 9.64 Å². The summed E-state index contributed by atoms with van der Waals surface area (Å²) in [6, 6.07) is 0. The van der Waals surface area contributed by atoms with E-state index in [0.29, 0.717) is 19.5 Å². The molecule has 1 saturated heterocycles. The van der Waals surface area contributed by atoms with Gasteiger partial charge in [0.1, 0.15) is 5.60 Å². The molecule has 0 aromatic carbocycles. The second-order valence-corrected chi connectivity index (χ2v) is 9.38. The van der Waals surface area contributed by atoms with Crippen LogP contribution in [0.25, 0.3) is 0 Å². The molecule has 0 aliphatic carbocycles. The lowest BCUT2D eigenvalue weighted by Crippen LogP contribution is -2.45. The normalized spacial score (nSPS) is 24.6. The average molecular weight is 326 g/mol. The Labute approximate surface area is 126 Å². The second kappa shape index (κ2) is 6.52. The lowest BCUT2D eigenvalue weighted by molar-refractivity contribution is 0.0115. The van der Waals surface area contributed by atoms with Crippen molar-refractivity contribution in [1.82, 2.24) is 4.90 Å². The summed E-state index contributed by atoms with van der Waals surface area (Å²) < 4.78 is 27.3. The monoisotopic (exact) mass is 325 g/mol. The topological polar surface area (TPSA) is 63.7 Å². The molecule has 0 radical (unpaired) electrons. The Bertz CT molecular complexity index is 444. The summed E-state index contributed by atoms with van der Waals surface area (Å²) >= 11 is 0. The Morgan fingerprint density at radius 1 is 1.40 bits per heavy atom. The number of piperidine rings is 1. The predicted molar refractivity (Wildman–Crippen MR) is 79.3 cm³/mol. The molecule has 1 rings (SSSR count). The van der Waals surface area contributed by atoms with Crippen LogP contribution < -0.4 is 0 Å². The van der Waals surface area contributed by atoms with E-state index in [9.17, 15) is 13.2 Å². The number of hydrogen-bond acceptors (Lipinski definition) is 4. The number of rotatable bonds is 3. The highest BCUT2D eigenvalue weighted by Gasteiger charge is 2.31. The van der Waals surface area contributed by atoms with Crippen LogP contribution in [0, 0.1) is 11.8 Å². The number of carbonyl (C=O) groups excluding carboxylic acids is 1. The van der Waals surface area contributed by atoms with Crippen molar-refractivity contribution in [3.63, 3.8) is 0 Å². The molecular weight excluding hydrogens is 302 g/mol. The molecule has 20 heavy (non-hydrogen) atoms. The Morgan fingerprint density at radius 3 is 2.45 bits per heavy atom. The Hall–Kier alpha value is -0.490. The van der Waals surface area contributed by atoms with Gasteiger partial charge in [-0.2, -0.15) is 0 Å². The molecule has 0 N–H and O–H groups in total. The Kier molecular flexibility index (Phi) is 5.72. The van der Waals surface area contributed by atoms with Crippen molar-refractivity contribution in [2.24, 2.45) is 11.8 Å². The van der Waals surface area contributed by atoms with Gasteiger partial charge in [0.05, 0.1) is 5.75 Å². The molecule has 5 nitrogen and oxygen atoms in total. The smallest absolute Gasteiger partial charge is 0.410 e. The molecule has 0 bridgehead atoms. The second-order valence-electron chi connectivity index (χ2n) is 6.48. The summed E-state index contributed by atoms with van der Waals surface area (Å²) in [4.78, 5) is 13.7. The SMILES string of the molecule is CC1CN(C(=O)OC(C)(C)C)CCC1CCS(=O)(=O)Cl. The fraction of sp³-hybridized carbons (Fsp3) is 0.923. The van der Waals surface area contributed by atoms with E-state index in [1.165, 1.54) is 0 Å². The molecule has 1 amide bonds. The third-order valence-corrected chi connectivity index (χ3v) is 4.65. The van der Waals surface area contributed by atoms with E-state index in [-0.39, 0.29) is 23.7 Å². The number of amides is 1. The minimum absolute atomic E-state index is 0.00397. The van der Waals surface area contributed by atoms with Gasteiger partial charge in [-0.15, -0.1) is 0 Å². The van der Waals surface area contributed by atoms with Crippen LogP contribution in [0.1, 0.15) is 40.5 Å². The van der Waals surface area contributed by atoms with Crippen molar-refractivity contribution in [1.29, 1.82) is 0 Å². The van der Waals surface area contributed by atoms with Crippen molar-refractivity contribution >= 4 is 25.8 Å². The maximum atomic E-state index is 12.0. The quantitative estimate of drug-likeness (QED) is 0.748. The highest BCUT2D eigenvalue weighted by Crippen LogP contribution is 2.28. The van der Waals surface area contributed by atoms with Crippen LogP contribution in [-0.2, 0) is 13.8 Å². The minimum atomic E-state index is -3.43. The van der Waals surface area contributed by atoms with Gasteiger partial charge in [0, 0.05) is 23.8 Å². The van der Waals surface area contributed by atoms with Gasteiger partial charge in [0.15, 0.2) is 0 Å². The van der Waals surface area contributed by atoms with Gasteiger partial charge in [-0.3, -0.25) is 0 Å². The molecule has 1 aliphatic rings. The van der Waals surface area contributed by atoms with E-state index >= 15 is 0 Å². The molecule has 0 aromatic heterocycles. The van der Waals surface area contributed by atoms with E-state index in [1.807, 2.05) is 27.7 Å². The summed E-state index contributed by atoms with van der Waals surface area (Å²) in [6.45, 7) is 8.75. The maximum Gasteiger partial charge on any atom is 0.410 e. The zero-order chi connectivity index (χ0) is 15.6. The standard InChI is InChI=1S/C13H24ClNO4S/c1-10-9-15(12(16)19-13(2,3)4)7-5-11(10)6-8-20(14,17)18/h10-11H,5-9H2,1-4H3. The molecule has 2 unspecified atom stereocenters. The zero-order valence-corrected chi connectivity index (χ0v) is 14.1. The van der Waals surface area contributed by atoms with Gasteiger partial charge in [-0.1, -0.05) is 6.92 Å². The first-order chi connectivity index (χ1) is 8.98. The summed E-state index contributed by atoms with van der Waals surface area (Å²) in [7, 11) is 1.81. The van der Waals surface area contributed by atoms with E-state index in [2.05, 4.69) is 0 Å². The lowest BCUT2D eigenvalue weighted by atomic mass is 9.85. The number of halogens is 1. The van der Waals surface area contributed by atoms with Crippen LogP contribution in [0.2, 0.25) is 0 Å². The number of ether oxygens (including phenoxy) is 1. The summed E-state index contributed by atoms with van der Waals surface area (Å²) in [5.41, 5.74) is -0.496.